The van der Waals surface area contributed by atoms with Gasteiger partial charge >= 0.3 is 11.7 Å². The zero-order valence-corrected chi connectivity index (χ0v) is 36.0. The standard InChI is InChI=1S/C23H20F3N3O4S.C23H20F3N3O4/c24-23(25,26)34-16-4-1-13(2-5-16)10-20(31)27-11-14-3-6-17-15(9-14)12-29(22(17)33)18-7-8-19(30)28-21(18)32;24-23(25,26)16-4-1-13(2-5-16)10-20(31)27-11-14-3-6-17-15(9-14)12-29(22(17)33)18-7-8-19(30)28-21(18)32/h1-6,9,18H,7-8,10-12H2,(H,27,31)(H,28,30,32);1-6,9,18H,7-8,10-12H2,(H,27,31)(H,28,30,32). The van der Waals surface area contributed by atoms with E-state index in [0.29, 0.717) is 22.3 Å². The zero-order valence-electron chi connectivity index (χ0n) is 35.1. The molecule has 14 nitrogen and oxygen atoms in total. The van der Waals surface area contributed by atoms with E-state index in [-0.39, 0.29) is 117 Å². The number of carbonyl (C=O) groups is 8. The Morgan fingerprint density at radius 3 is 1.37 bits per heavy atom. The second-order valence-electron chi connectivity index (χ2n) is 16.1. The van der Waals surface area contributed by atoms with Crippen LogP contribution in [0.3, 0.4) is 0 Å². The molecule has 67 heavy (non-hydrogen) atoms. The Labute approximate surface area is 382 Å². The third-order valence-electron chi connectivity index (χ3n) is 11.3. The van der Waals surface area contributed by atoms with E-state index < -0.39 is 41.1 Å². The van der Waals surface area contributed by atoms with Crippen molar-refractivity contribution in [2.45, 2.75) is 93.4 Å². The number of piperidine rings is 2. The SMILES string of the molecule is O=C(Cc1ccc(C(F)(F)F)cc1)NCc1ccc2c(c1)CN(C1CCC(=O)NC1=O)C2=O.O=C(Cc1ccc(SC(F)(F)F)cc1)NCc1ccc2c(c1)CN(C1CCC(=O)NC1=O)C2=O. The number of rotatable bonds is 11. The Balaban J connectivity index is 0.000000199. The average molecular weight is 951 g/mol. The molecule has 2 atom stereocenters. The fraction of sp³-hybridized carbons (Fsp3) is 0.304. The highest BCUT2D eigenvalue weighted by Crippen LogP contribution is 2.37. The monoisotopic (exact) mass is 950 g/mol. The quantitative estimate of drug-likeness (QED) is 0.0885. The molecule has 4 heterocycles. The van der Waals surface area contributed by atoms with Gasteiger partial charge in [0.15, 0.2) is 0 Å². The van der Waals surface area contributed by atoms with Crippen molar-refractivity contribution in [3.63, 3.8) is 0 Å². The molecule has 8 rings (SSSR count). The van der Waals surface area contributed by atoms with E-state index in [4.69, 9.17) is 0 Å². The van der Waals surface area contributed by atoms with Gasteiger partial charge in [-0.1, -0.05) is 48.5 Å². The maximum absolute atomic E-state index is 12.7. The van der Waals surface area contributed by atoms with Crippen molar-refractivity contribution in [3.05, 3.63) is 135 Å². The third-order valence-corrected chi connectivity index (χ3v) is 12.1. The van der Waals surface area contributed by atoms with Crippen molar-refractivity contribution < 1.29 is 64.7 Å². The van der Waals surface area contributed by atoms with Crippen LogP contribution in [-0.4, -0.2) is 74.6 Å². The number of amides is 8. The molecule has 0 aromatic heterocycles. The average Bonchev–Trinajstić information content (AvgIpc) is 3.76. The molecule has 4 aliphatic rings. The second kappa shape index (κ2) is 19.8. The molecule has 21 heteroatoms. The first-order valence-electron chi connectivity index (χ1n) is 20.8. The first-order valence-corrected chi connectivity index (χ1v) is 21.6. The molecular formula is C46H40F6N6O8S. The zero-order chi connectivity index (χ0) is 48.2. The molecule has 2 unspecified atom stereocenters. The number of fused-ring (bicyclic) bond motifs is 2. The second-order valence-corrected chi connectivity index (χ2v) is 17.2. The molecule has 0 saturated carbocycles. The van der Waals surface area contributed by atoms with Crippen molar-refractivity contribution in [2.24, 2.45) is 0 Å². The van der Waals surface area contributed by atoms with Gasteiger partial charge in [-0.2, -0.15) is 26.3 Å². The Hall–Kier alpha value is -7.03. The first-order chi connectivity index (χ1) is 31.7. The number of alkyl halides is 6. The highest BCUT2D eigenvalue weighted by Gasteiger charge is 2.40. The van der Waals surface area contributed by atoms with Crippen LogP contribution >= 0.6 is 11.8 Å². The molecule has 4 aromatic carbocycles. The number of hydrogen-bond acceptors (Lipinski definition) is 9. The minimum Gasteiger partial charge on any atom is -0.352 e. The number of benzene rings is 4. The van der Waals surface area contributed by atoms with Gasteiger partial charge in [-0.05, 0) is 94.4 Å². The number of imide groups is 2. The fourth-order valence-electron chi connectivity index (χ4n) is 7.99. The van der Waals surface area contributed by atoms with E-state index in [1.807, 2.05) is 0 Å². The van der Waals surface area contributed by atoms with Crippen LogP contribution in [0.25, 0.3) is 0 Å². The smallest absolute Gasteiger partial charge is 0.352 e. The van der Waals surface area contributed by atoms with E-state index in [1.54, 1.807) is 36.4 Å². The molecule has 0 aliphatic carbocycles. The molecule has 0 bridgehead atoms. The highest BCUT2D eigenvalue weighted by atomic mass is 32.2. The Morgan fingerprint density at radius 1 is 0.582 bits per heavy atom. The minimum absolute atomic E-state index is 0.0175. The summed E-state index contributed by atoms with van der Waals surface area (Å²) in [6.45, 7) is 0.860. The predicted octanol–water partition coefficient (Wildman–Crippen LogP) is 5.24. The van der Waals surface area contributed by atoms with Crippen LogP contribution in [0, 0.1) is 0 Å². The van der Waals surface area contributed by atoms with Gasteiger partial charge in [0.1, 0.15) is 12.1 Å². The van der Waals surface area contributed by atoms with E-state index in [0.717, 1.165) is 34.4 Å². The summed E-state index contributed by atoms with van der Waals surface area (Å²) in [5.41, 5.74) is -0.170. The highest BCUT2D eigenvalue weighted by molar-refractivity contribution is 8.00. The normalized spacial score (nSPS) is 18.1. The number of carbonyl (C=O) groups excluding carboxylic acids is 8. The van der Waals surface area contributed by atoms with Crippen molar-refractivity contribution >= 4 is 59.0 Å². The van der Waals surface area contributed by atoms with Gasteiger partial charge in [-0.3, -0.25) is 49.0 Å². The lowest BCUT2D eigenvalue weighted by Gasteiger charge is -2.29. The van der Waals surface area contributed by atoms with Gasteiger partial charge in [-0.25, -0.2) is 0 Å². The lowest BCUT2D eigenvalue weighted by molar-refractivity contribution is -0.138. The Morgan fingerprint density at radius 2 is 0.985 bits per heavy atom. The summed E-state index contributed by atoms with van der Waals surface area (Å²) in [6.07, 6.45) is -3.57. The maximum Gasteiger partial charge on any atom is 0.446 e. The van der Waals surface area contributed by atoms with Crippen LogP contribution in [0.1, 0.15) is 85.3 Å². The van der Waals surface area contributed by atoms with Crippen LogP contribution in [-0.2, 0) is 74.0 Å². The van der Waals surface area contributed by atoms with E-state index in [9.17, 15) is 64.7 Å². The van der Waals surface area contributed by atoms with Gasteiger partial charge in [0.05, 0.1) is 18.4 Å². The fourth-order valence-corrected chi connectivity index (χ4v) is 8.53. The van der Waals surface area contributed by atoms with Crippen LogP contribution in [0.2, 0.25) is 0 Å². The summed E-state index contributed by atoms with van der Waals surface area (Å²) in [5.74, 6) is -2.86. The van der Waals surface area contributed by atoms with Crippen LogP contribution < -0.4 is 21.3 Å². The predicted molar refractivity (Wildman–Crippen MR) is 226 cm³/mol. The molecule has 0 spiro atoms. The van der Waals surface area contributed by atoms with Crippen LogP contribution in [0.15, 0.2) is 89.8 Å². The summed E-state index contributed by atoms with van der Waals surface area (Å²) in [7, 11) is 0. The van der Waals surface area contributed by atoms with Crippen molar-refractivity contribution in [3.8, 4) is 0 Å². The molecule has 4 N–H and O–H groups in total. The minimum atomic E-state index is -4.43. The molecule has 2 saturated heterocycles. The van der Waals surface area contributed by atoms with Gasteiger partial charge in [0, 0.05) is 55.0 Å². The number of nitrogens with zero attached hydrogens (tertiary/aromatic N) is 2. The van der Waals surface area contributed by atoms with Crippen LogP contribution in [0.5, 0.6) is 0 Å². The lowest BCUT2D eigenvalue weighted by atomic mass is 10.0. The Kier molecular flexibility index (Phi) is 14.2. The van der Waals surface area contributed by atoms with Crippen molar-refractivity contribution in [1.82, 2.24) is 31.1 Å². The van der Waals surface area contributed by atoms with Gasteiger partial charge in [-0.15, -0.1) is 0 Å². The largest absolute Gasteiger partial charge is 0.446 e. The molecule has 0 radical (unpaired) electrons. The number of nitrogens with one attached hydrogen (secondary N) is 4. The van der Waals surface area contributed by atoms with E-state index >= 15 is 0 Å². The summed E-state index contributed by atoms with van der Waals surface area (Å²) in [5, 5.41) is 10.00. The Bertz CT molecular complexity index is 2640. The summed E-state index contributed by atoms with van der Waals surface area (Å²) in [4.78, 5) is 99.9. The first kappa shape index (κ1) is 47.9. The number of hydrogen-bond donors (Lipinski definition) is 4. The summed E-state index contributed by atoms with van der Waals surface area (Å²) < 4.78 is 75.2. The molecule has 350 valence electrons. The van der Waals surface area contributed by atoms with Crippen LogP contribution in [0.4, 0.5) is 26.3 Å². The molecular weight excluding hydrogens is 911 g/mol. The molecule has 2 fully saturated rings. The number of halogens is 6. The summed E-state index contributed by atoms with van der Waals surface area (Å²) >= 11 is -0.210. The number of thioether (sulfide) groups is 1. The topological polar surface area (TPSA) is 191 Å². The lowest BCUT2D eigenvalue weighted by Crippen LogP contribution is -2.52. The molecule has 4 aromatic rings. The third kappa shape index (κ3) is 12.1. The maximum atomic E-state index is 12.7. The summed E-state index contributed by atoms with van der Waals surface area (Å²) in [6, 6.07) is 18.9. The van der Waals surface area contributed by atoms with Gasteiger partial charge in [0.25, 0.3) is 11.8 Å². The van der Waals surface area contributed by atoms with E-state index in [1.165, 1.54) is 46.2 Å². The van der Waals surface area contributed by atoms with Gasteiger partial charge < -0.3 is 20.4 Å². The molecule has 8 amide bonds. The van der Waals surface area contributed by atoms with Crippen molar-refractivity contribution in [2.75, 3.05) is 0 Å². The molecule has 4 aliphatic heterocycles. The van der Waals surface area contributed by atoms with Crippen molar-refractivity contribution in [1.29, 1.82) is 0 Å². The van der Waals surface area contributed by atoms with E-state index in [2.05, 4.69) is 21.3 Å². The van der Waals surface area contributed by atoms with Gasteiger partial charge in [0.2, 0.25) is 35.4 Å².